The first kappa shape index (κ1) is 20.6. The first-order valence-electron chi connectivity index (χ1n) is 12.0. The molecule has 0 nitrogen and oxygen atoms in total. The Hall–Kier alpha value is -1.63. The molecule has 0 bridgehead atoms. The van der Waals surface area contributed by atoms with Crippen molar-refractivity contribution in [2.24, 2.45) is 17.8 Å². The lowest BCUT2D eigenvalue weighted by Gasteiger charge is -2.42. The summed E-state index contributed by atoms with van der Waals surface area (Å²) in [6.45, 7) is 6.09. The summed E-state index contributed by atoms with van der Waals surface area (Å²) in [5, 5.41) is 1.84. The molecule has 2 unspecified atom stereocenters. The Morgan fingerprint density at radius 3 is 2.69 bits per heavy atom. The van der Waals surface area contributed by atoms with E-state index in [-0.39, 0.29) is 5.82 Å². The summed E-state index contributed by atoms with van der Waals surface area (Å²) in [6.07, 6.45) is 16.1. The molecule has 0 aliphatic heterocycles. The van der Waals surface area contributed by atoms with Crippen LogP contribution in [0.3, 0.4) is 0 Å². The topological polar surface area (TPSA) is 0 Å². The molecule has 2 aliphatic rings. The zero-order valence-electron chi connectivity index (χ0n) is 18.1. The van der Waals surface area contributed by atoms with E-state index in [2.05, 4.69) is 37.8 Å². The second-order valence-corrected chi connectivity index (χ2v) is 9.74. The maximum absolute atomic E-state index is 14.8. The highest BCUT2D eigenvalue weighted by Crippen LogP contribution is 2.48. The summed E-state index contributed by atoms with van der Waals surface area (Å²) >= 11 is 0. The van der Waals surface area contributed by atoms with Crippen molar-refractivity contribution in [2.75, 3.05) is 0 Å². The monoisotopic (exact) mass is 392 g/mol. The molecule has 4 atom stereocenters. The van der Waals surface area contributed by atoms with E-state index in [0.717, 1.165) is 46.9 Å². The summed E-state index contributed by atoms with van der Waals surface area (Å²) in [6, 6.07) is 10.5. The van der Waals surface area contributed by atoms with E-state index in [0.29, 0.717) is 5.92 Å². The van der Waals surface area contributed by atoms with Crippen molar-refractivity contribution < 1.29 is 4.39 Å². The van der Waals surface area contributed by atoms with Crippen molar-refractivity contribution in [1.29, 1.82) is 0 Å². The van der Waals surface area contributed by atoms with E-state index in [1.54, 1.807) is 6.07 Å². The average Bonchev–Trinajstić information content (AvgIpc) is 2.75. The normalized spacial score (nSPS) is 27.0. The highest BCUT2D eigenvalue weighted by Gasteiger charge is 2.35. The van der Waals surface area contributed by atoms with E-state index >= 15 is 0 Å². The van der Waals surface area contributed by atoms with Gasteiger partial charge in [0.05, 0.1) is 0 Å². The number of benzene rings is 2. The predicted molar refractivity (Wildman–Crippen MR) is 123 cm³/mol. The molecule has 0 aromatic heterocycles. The molecule has 0 N–H and O–H groups in total. The quantitative estimate of drug-likeness (QED) is 0.414. The lowest BCUT2D eigenvalue weighted by Crippen LogP contribution is -2.30. The van der Waals surface area contributed by atoms with Gasteiger partial charge in [0.15, 0.2) is 0 Å². The van der Waals surface area contributed by atoms with Gasteiger partial charge in [0.2, 0.25) is 0 Å². The number of fused-ring (bicyclic) bond motifs is 2. The van der Waals surface area contributed by atoms with E-state index < -0.39 is 0 Å². The van der Waals surface area contributed by atoms with Crippen LogP contribution in [0.15, 0.2) is 43.0 Å². The van der Waals surface area contributed by atoms with Crippen molar-refractivity contribution in [2.45, 2.75) is 83.5 Å². The van der Waals surface area contributed by atoms with Gasteiger partial charge in [-0.05, 0) is 97.3 Å². The minimum absolute atomic E-state index is 0.0615. The van der Waals surface area contributed by atoms with Crippen molar-refractivity contribution in [3.63, 3.8) is 0 Å². The first-order chi connectivity index (χ1) is 14.2. The molecule has 0 amide bonds. The smallest absolute Gasteiger partial charge is 0.131 e. The van der Waals surface area contributed by atoms with E-state index in [1.807, 2.05) is 6.08 Å². The Morgan fingerprint density at radius 2 is 1.86 bits per heavy atom. The molecular weight excluding hydrogens is 355 g/mol. The Labute approximate surface area is 176 Å². The van der Waals surface area contributed by atoms with Crippen molar-refractivity contribution in [3.05, 3.63) is 59.9 Å². The first-order valence-corrected chi connectivity index (χ1v) is 12.0. The van der Waals surface area contributed by atoms with Crippen LogP contribution < -0.4 is 0 Å². The fraction of sp³-hybridized carbons (Fsp3) is 0.571. The third-order valence-electron chi connectivity index (χ3n) is 7.78. The van der Waals surface area contributed by atoms with Crippen LogP contribution in [-0.2, 0) is 6.42 Å². The predicted octanol–water partition coefficient (Wildman–Crippen LogP) is 8.59. The van der Waals surface area contributed by atoms with Gasteiger partial charge < -0.3 is 0 Å². The van der Waals surface area contributed by atoms with Gasteiger partial charge in [-0.15, -0.1) is 6.58 Å². The Bertz CT molecular complexity index is 836. The number of hydrogen-bond donors (Lipinski definition) is 0. The zero-order valence-corrected chi connectivity index (χ0v) is 18.1. The molecule has 0 radical (unpaired) electrons. The van der Waals surface area contributed by atoms with Crippen LogP contribution in [0, 0.1) is 23.6 Å². The lowest BCUT2D eigenvalue weighted by atomic mass is 9.63. The summed E-state index contributed by atoms with van der Waals surface area (Å²) in [7, 11) is 0. The number of hydrogen-bond acceptors (Lipinski definition) is 0. The molecule has 2 aromatic rings. The minimum Gasteiger partial charge on any atom is -0.206 e. The molecular formula is C28H37F. The molecule has 2 aliphatic carbocycles. The Morgan fingerprint density at radius 1 is 1.03 bits per heavy atom. The number of rotatable bonds is 7. The summed E-state index contributed by atoms with van der Waals surface area (Å²) in [5.74, 6) is 3.39. The fourth-order valence-corrected chi connectivity index (χ4v) is 6.10. The molecule has 0 saturated heterocycles. The summed E-state index contributed by atoms with van der Waals surface area (Å²) in [4.78, 5) is 0. The molecule has 0 spiro atoms. The summed E-state index contributed by atoms with van der Waals surface area (Å²) in [5.41, 5.74) is 2.43. The molecule has 4 rings (SSSR count). The maximum Gasteiger partial charge on any atom is 0.131 e. The van der Waals surface area contributed by atoms with Gasteiger partial charge in [-0.25, -0.2) is 4.39 Å². The second kappa shape index (κ2) is 9.45. The molecule has 29 heavy (non-hydrogen) atoms. The summed E-state index contributed by atoms with van der Waals surface area (Å²) < 4.78 is 14.8. The van der Waals surface area contributed by atoms with E-state index in [1.165, 1.54) is 63.4 Å². The van der Waals surface area contributed by atoms with Gasteiger partial charge in [-0.3, -0.25) is 0 Å². The van der Waals surface area contributed by atoms with Crippen LogP contribution >= 0.6 is 0 Å². The van der Waals surface area contributed by atoms with E-state index in [4.69, 9.17) is 0 Å². The average molecular weight is 393 g/mol. The van der Waals surface area contributed by atoms with Gasteiger partial charge in [-0.2, -0.15) is 0 Å². The van der Waals surface area contributed by atoms with Gasteiger partial charge in [-0.1, -0.05) is 56.9 Å². The van der Waals surface area contributed by atoms with Crippen LogP contribution in [0.25, 0.3) is 10.8 Å². The fourth-order valence-electron chi connectivity index (χ4n) is 6.10. The highest BCUT2D eigenvalue weighted by atomic mass is 19.1. The van der Waals surface area contributed by atoms with Gasteiger partial charge >= 0.3 is 0 Å². The van der Waals surface area contributed by atoms with Crippen LogP contribution in [0.2, 0.25) is 0 Å². The zero-order chi connectivity index (χ0) is 20.2. The van der Waals surface area contributed by atoms with Gasteiger partial charge in [0.1, 0.15) is 5.82 Å². The minimum atomic E-state index is -0.0615. The molecule has 156 valence electrons. The second-order valence-electron chi connectivity index (χ2n) is 9.74. The van der Waals surface area contributed by atoms with Crippen LogP contribution in [-0.4, -0.2) is 0 Å². The van der Waals surface area contributed by atoms with Crippen molar-refractivity contribution in [3.8, 4) is 0 Å². The molecule has 2 fully saturated rings. The SMILES string of the molecule is C=CCCc1cc(F)c2cc([C@@H]3CC[C@@H]4CC(CCCC)CCC4C3)ccc2c1. The van der Waals surface area contributed by atoms with Crippen LogP contribution in [0.5, 0.6) is 0 Å². The number of aryl methyl sites for hydroxylation is 1. The third kappa shape index (κ3) is 4.76. The standard InChI is InChI=1S/C28H37F/c1-3-5-7-20-9-10-23-18-24(12-11-22(23)15-20)25-13-14-26-16-21(8-6-4-2)17-28(29)27(26)19-25/h4,13-14,16-17,19-20,22-24H,2-3,5-12,15,18H2,1H3/t20?,22-,23?,24-/m1/s1. The largest absolute Gasteiger partial charge is 0.206 e. The number of halogens is 1. The number of unbranched alkanes of at least 4 members (excludes halogenated alkanes) is 1. The third-order valence-corrected chi connectivity index (χ3v) is 7.78. The van der Waals surface area contributed by atoms with Gasteiger partial charge in [0, 0.05) is 5.39 Å². The van der Waals surface area contributed by atoms with Crippen LogP contribution in [0.1, 0.15) is 88.2 Å². The molecule has 2 saturated carbocycles. The Kier molecular flexibility index (Phi) is 6.73. The lowest BCUT2D eigenvalue weighted by molar-refractivity contribution is 0.113. The van der Waals surface area contributed by atoms with Crippen molar-refractivity contribution in [1.82, 2.24) is 0 Å². The van der Waals surface area contributed by atoms with Crippen LogP contribution in [0.4, 0.5) is 4.39 Å². The molecule has 0 heterocycles. The van der Waals surface area contributed by atoms with Gasteiger partial charge in [0.25, 0.3) is 0 Å². The molecule has 1 heteroatoms. The van der Waals surface area contributed by atoms with E-state index in [9.17, 15) is 4.39 Å². The number of allylic oxidation sites excluding steroid dienone is 1. The highest BCUT2D eigenvalue weighted by molar-refractivity contribution is 5.84. The Balaban J connectivity index is 1.45. The van der Waals surface area contributed by atoms with Crippen molar-refractivity contribution >= 4 is 10.8 Å². The molecule has 2 aromatic carbocycles. The maximum atomic E-state index is 14.8.